The highest BCUT2D eigenvalue weighted by Gasteiger charge is 2.43. The van der Waals surface area contributed by atoms with Gasteiger partial charge in [-0.05, 0) is 5.56 Å². The minimum atomic E-state index is -1.34. The van der Waals surface area contributed by atoms with Crippen molar-refractivity contribution >= 4 is 17.8 Å². The lowest BCUT2D eigenvalue weighted by molar-refractivity contribution is -0.147. The molecule has 2 rings (SSSR count). The van der Waals surface area contributed by atoms with Crippen LogP contribution in [0.2, 0.25) is 0 Å². The molecule has 124 valence electrons. The molecular formula is C16H20N2O5. The van der Waals surface area contributed by atoms with E-state index in [1.54, 1.807) is 0 Å². The number of hydrogen-bond acceptors (Lipinski definition) is 4. The minimum absolute atomic E-state index is 0.0234. The summed E-state index contributed by atoms with van der Waals surface area (Å²) in [6, 6.07) is 9.28. The molecule has 1 unspecified atom stereocenters. The van der Waals surface area contributed by atoms with Gasteiger partial charge < -0.3 is 20.5 Å². The summed E-state index contributed by atoms with van der Waals surface area (Å²) in [6.45, 7) is 0.433. The van der Waals surface area contributed by atoms with Gasteiger partial charge >= 0.3 is 5.97 Å². The molecular weight excluding hydrogens is 300 g/mol. The van der Waals surface area contributed by atoms with Gasteiger partial charge in [-0.15, -0.1) is 0 Å². The fraction of sp³-hybridized carbons (Fsp3) is 0.438. The number of carbonyl (C=O) groups is 3. The van der Waals surface area contributed by atoms with Crippen LogP contribution in [-0.2, 0) is 25.5 Å². The highest BCUT2D eigenvalue weighted by atomic mass is 16.5. The van der Waals surface area contributed by atoms with Crippen LogP contribution in [0.1, 0.15) is 18.4 Å². The van der Waals surface area contributed by atoms with Gasteiger partial charge in [0.25, 0.3) is 0 Å². The Kier molecular flexibility index (Phi) is 5.70. The molecule has 1 aromatic carbocycles. The summed E-state index contributed by atoms with van der Waals surface area (Å²) >= 11 is 0. The topological polar surface area (TPSA) is 105 Å². The van der Waals surface area contributed by atoms with E-state index < -0.39 is 17.4 Å². The quantitative estimate of drug-likeness (QED) is 0.661. The van der Waals surface area contributed by atoms with Gasteiger partial charge in [0, 0.05) is 26.0 Å². The van der Waals surface area contributed by atoms with Crippen LogP contribution in [0.3, 0.4) is 0 Å². The molecule has 0 aromatic heterocycles. The monoisotopic (exact) mass is 320 g/mol. The lowest BCUT2D eigenvalue weighted by atomic mass is 9.99. The van der Waals surface area contributed by atoms with Crippen LogP contribution in [-0.4, -0.2) is 48.2 Å². The van der Waals surface area contributed by atoms with Crippen molar-refractivity contribution in [3.8, 4) is 0 Å². The molecule has 7 nitrogen and oxygen atoms in total. The number of carboxylic acids is 1. The molecule has 1 aromatic rings. The molecule has 1 atom stereocenters. The summed E-state index contributed by atoms with van der Waals surface area (Å²) < 4.78 is 5.07. The Hall–Kier alpha value is -2.41. The zero-order valence-corrected chi connectivity index (χ0v) is 12.7. The summed E-state index contributed by atoms with van der Waals surface area (Å²) in [4.78, 5) is 34.9. The predicted molar refractivity (Wildman–Crippen MR) is 81.7 cm³/mol. The van der Waals surface area contributed by atoms with E-state index in [1.165, 1.54) is 0 Å². The number of rotatable bonds is 7. The second-order valence-electron chi connectivity index (χ2n) is 5.50. The molecule has 1 saturated heterocycles. The van der Waals surface area contributed by atoms with Gasteiger partial charge in [0.15, 0.2) is 5.54 Å². The molecule has 0 saturated carbocycles. The van der Waals surface area contributed by atoms with Crippen molar-refractivity contribution in [3.63, 3.8) is 0 Å². The number of hydrogen-bond donors (Lipinski definition) is 3. The summed E-state index contributed by atoms with van der Waals surface area (Å²) in [6.07, 6.45) is 0.513. The fourth-order valence-corrected chi connectivity index (χ4v) is 2.37. The van der Waals surface area contributed by atoms with Gasteiger partial charge in [0.05, 0.1) is 13.0 Å². The average molecular weight is 320 g/mol. The second-order valence-corrected chi connectivity index (χ2v) is 5.50. The molecule has 0 spiro atoms. The van der Waals surface area contributed by atoms with Gasteiger partial charge in [-0.25, -0.2) is 4.79 Å². The van der Waals surface area contributed by atoms with Gasteiger partial charge in [-0.3, -0.25) is 9.59 Å². The number of amides is 2. The van der Waals surface area contributed by atoms with E-state index in [4.69, 9.17) is 4.74 Å². The van der Waals surface area contributed by atoms with Crippen LogP contribution >= 0.6 is 0 Å². The van der Waals surface area contributed by atoms with Gasteiger partial charge in [-0.1, -0.05) is 30.3 Å². The number of benzene rings is 1. The Morgan fingerprint density at radius 2 is 1.91 bits per heavy atom. The van der Waals surface area contributed by atoms with Crippen molar-refractivity contribution < 1.29 is 24.2 Å². The maximum Gasteiger partial charge on any atom is 0.331 e. The summed E-state index contributed by atoms with van der Waals surface area (Å²) in [5.41, 5.74) is -0.451. The van der Waals surface area contributed by atoms with E-state index in [1.807, 2.05) is 30.3 Å². The number of aliphatic carboxylic acids is 1. The Bertz CT molecular complexity index is 567. The third kappa shape index (κ3) is 4.79. The van der Waals surface area contributed by atoms with Crippen LogP contribution in [0.25, 0.3) is 0 Å². The smallest absolute Gasteiger partial charge is 0.331 e. The SMILES string of the molecule is O=C(Cc1ccccc1)NCCC(=O)NC1(C(=O)O)CCOC1. The molecule has 1 fully saturated rings. The van der Waals surface area contributed by atoms with Crippen molar-refractivity contribution in [1.82, 2.24) is 10.6 Å². The number of ether oxygens (including phenoxy) is 1. The molecule has 0 radical (unpaired) electrons. The fourth-order valence-electron chi connectivity index (χ4n) is 2.37. The summed E-state index contributed by atoms with van der Waals surface area (Å²) in [7, 11) is 0. The highest BCUT2D eigenvalue weighted by Crippen LogP contribution is 2.19. The minimum Gasteiger partial charge on any atom is -0.479 e. The van der Waals surface area contributed by atoms with Crippen LogP contribution in [0.5, 0.6) is 0 Å². The Labute approximate surface area is 134 Å². The summed E-state index contributed by atoms with van der Waals surface area (Å²) in [5, 5.41) is 14.4. The number of carboxylic acid groups (broad SMARTS) is 1. The molecule has 1 aliphatic heterocycles. The molecule has 0 bridgehead atoms. The summed E-state index contributed by atoms with van der Waals surface area (Å²) in [5.74, 6) is -1.70. The van der Waals surface area contributed by atoms with E-state index in [-0.39, 0.29) is 38.3 Å². The van der Waals surface area contributed by atoms with Crippen molar-refractivity contribution in [1.29, 1.82) is 0 Å². The highest BCUT2D eigenvalue weighted by molar-refractivity contribution is 5.87. The van der Waals surface area contributed by atoms with Crippen LogP contribution < -0.4 is 10.6 Å². The third-order valence-electron chi connectivity index (χ3n) is 3.69. The van der Waals surface area contributed by atoms with Gasteiger partial charge in [-0.2, -0.15) is 0 Å². The van der Waals surface area contributed by atoms with E-state index in [0.29, 0.717) is 6.61 Å². The van der Waals surface area contributed by atoms with E-state index in [9.17, 15) is 19.5 Å². The molecule has 0 aliphatic carbocycles. The lowest BCUT2D eigenvalue weighted by Gasteiger charge is -2.23. The number of nitrogens with one attached hydrogen (secondary N) is 2. The van der Waals surface area contributed by atoms with E-state index in [2.05, 4.69) is 10.6 Å². The van der Waals surface area contributed by atoms with Crippen molar-refractivity contribution in [3.05, 3.63) is 35.9 Å². The Morgan fingerprint density at radius 1 is 1.17 bits per heavy atom. The maximum atomic E-state index is 11.9. The Balaban J connectivity index is 1.72. The second kappa shape index (κ2) is 7.73. The van der Waals surface area contributed by atoms with E-state index in [0.717, 1.165) is 5.56 Å². The van der Waals surface area contributed by atoms with Crippen LogP contribution in [0.15, 0.2) is 30.3 Å². The maximum absolute atomic E-state index is 11.9. The molecule has 3 N–H and O–H groups in total. The first-order valence-electron chi connectivity index (χ1n) is 7.45. The molecule has 1 heterocycles. The van der Waals surface area contributed by atoms with Crippen molar-refractivity contribution in [2.45, 2.75) is 24.8 Å². The zero-order chi connectivity index (χ0) is 16.7. The molecule has 7 heteroatoms. The zero-order valence-electron chi connectivity index (χ0n) is 12.7. The number of carbonyl (C=O) groups excluding carboxylic acids is 2. The third-order valence-corrected chi connectivity index (χ3v) is 3.69. The van der Waals surface area contributed by atoms with Gasteiger partial charge in [0.1, 0.15) is 0 Å². The predicted octanol–water partition coefficient (Wildman–Crippen LogP) is 0.0953. The first kappa shape index (κ1) is 17.0. The van der Waals surface area contributed by atoms with Crippen LogP contribution in [0, 0.1) is 0 Å². The van der Waals surface area contributed by atoms with E-state index >= 15 is 0 Å². The van der Waals surface area contributed by atoms with Crippen LogP contribution in [0.4, 0.5) is 0 Å². The van der Waals surface area contributed by atoms with Gasteiger partial charge in [0.2, 0.25) is 11.8 Å². The largest absolute Gasteiger partial charge is 0.479 e. The molecule has 1 aliphatic rings. The molecule has 2 amide bonds. The molecule has 23 heavy (non-hydrogen) atoms. The first-order valence-corrected chi connectivity index (χ1v) is 7.45. The van der Waals surface area contributed by atoms with Crippen molar-refractivity contribution in [2.24, 2.45) is 0 Å². The van der Waals surface area contributed by atoms with Crippen molar-refractivity contribution in [2.75, 3.05) is 19.8 Å². The first-order chi connectivity index (χ1) is 11.0. The lowest BCUT2D eigenvalue weighted by Crippen LogP contribution is -2.55. The Morgan fingerprint density at radius 3 is 2.52 bits per heavy atom. The standard InChI is InChI=1S/C16H20N2O5/c19-13(18-16(15(21)22)7-9-23-11-16)6-8-17-14(20)10-12-4-2-1-3-5-12/h1-5H,6-11H2,(H,17,20)(H,18,19)(H,21,22). The normalized spacial score (nSPS) is 20.0. The average Bonchev–Trinajstić information content (AvgIpc) is 2.98.